The molecular formula is C26H33N3O3S. The van der Waals surface area contributed by atoms with Crippen LogP contribution < -0.4 is 15.4 Å². The van der Waals surface area contributed by atoms with E-state index in [2.05, 4.69) is 29.4 Å². The Bertz CT molecular complexity index is 1010. The Kier molecular flexibility index (Phi) is 9.39. The van der Waals surface area contributed by atoms with Gasteiger partial charge in [0.25, 0.3) is 11.8 Å². The number of hydrogen-bond donors (Lipinski definition) is 2. The fraction of sp³-hybridized carbons (Fsp3) is 0.385. The van der Waals surface area contributed by atoms with Crippen LogP contribution in [0.2, 0.25) is 0 Å². The number of carbonyl (C=O) groups is 2. The number of nitrogens with zero attached hydrogens (tertiary/aromatic N) is 1. The van der Waals surface area contributed by atoms with E-state index in [0.717, 1.165) is 42.3 Å². The molecule has 0 saturated heterocycles. The lowest BCUT2D eigenvalue weighted by atomic mass is 10.1. The highest BCUT2D eigenvalue weighted by Gasteiger charge is 2.22. The van der Waals surface area contributed by atoms with Gasteiger partial charge in [0, 0.05) is 17.0 Å². The van der Waals surface area contributed by atoms with E-state index in [1.165, 1.54) is 24.6 Å². The van der Waals surface area contributed by atoms with Crippen molar-refractivity contribution in [3.8, 4) is 5.75 Å². The predicted molar refractivity (Wildman–Crippen MR) is 136 cm³/mol. The van der Waals surface area contributed by atoms with Gasteiger partial charge in [-0.05, 0) is 74.4 Å². The van der Waals surface area contributed by atoms with Crippen LogP contribution in [0, 0.1) is 0 Å². The third kappa shape index (κ3) is 7.11. The number of unbranched alkanes of at least 4 members (excludes halogenated alkanes) is 1. The largest absolute Gasteiger partial charge is 0.497 e. The summed E-state index contributed by atoms with van der Waals surface area (Å²) >= 11 is 1.40. The van der Waals surface area contributed by atoms with Gasteiger partial charge in [-0.3, -0.25) is 9.59 Å². The number of thioether (sulfide) groups is 1. The first-order valence-corrected chi connectivity index (χ1v) is 12.3. The second kappa shape index (κ2) is 12.5. The molecule has 0 unspecified atom stereocenters. The van der Waals surface area contributed by atoms with Gasteiger partial charge in [0.1, 0.15) is 5.75 Å². The maximum atomic E-state index is 12.6. The minimum absolute atomic E-state index is 0.119. The number of rotatable bonds is 11. The Morgan fingerprint density at radius 2 is 1.97 bits per heavy atom. The highest BCUT2D eigenvalue weighted by molar-refractivity contribution is 8.04. The van der Waals surface area contributed by atoms with Gasteiger partial charge in [0.15, 0.2) is 0 Å². The lowest BCUT2D eigenvalue weighted by molar-refractivity contribution is -0.112. The standard InChI is InChI=1S/C26H33N3O3S/c1-4-6-14-29(5-2)15-8-13-27-25(30)20-11-12-23-22(18-20)28-26(31)24(33-23)17-19-9-7-10-21(16-19)32-3/h7,9-12,16-18H,4-6,8,13-15H2,1-3H3,(H,27,30)(H,28,31)/b24-17+. The van der Waals surface area contributed by atoms with Gasteiger partial charge in [0.05, 0.1) is 17.7 Å². The van der Waals surface area contributed by atoms with Gasteiger partial charge < -0.3 is 20.3 Å². The van der Waals surface area contributed by atoms with Crippen molar-refractivity contribution in [3.05, 3.63) is 58.5 Å². The van der Waals surface area contributed by atoms with Crippen LogP contribution in [-0.4, -0.2) is 50.0 Å². The Balaban J connectivity index is 1.58. The summed E-state index contributed by atoms with van der Waals surface area (Å²) in [5.41, 5.74) is 2.10. The van der Waals surface area contributed by atoms with Crippen molar-refractivity contribution in [2.24, 2.45) is 0 Å². The van der Waals surface area contributed by atoms with Crippen molar-refractivity contribution in [3.63, 3.8) is 0 Å². The number of fused-ring (bicyclic) bond motifs is 1. The zero-order chi connectivity index (χ0) is 23.6. The molecule has 2 aromatic rings. The maximum absolute atomic E-state index is 12.6. The fourth-order valence-corrected chi connectivity index (χ4v) is 4.53. The lowest BCUT2D eigenvalue weighted by Gasteiger charge is -2.20. The van der Waals surface area contributed by atoms with Crippen molar-refractivity contribution in [2.45, 2.75) is 38.0 Å². The van der Waals surface area contributed by atoms with Crippen LogP contribution in [0.3, 0.4) is 0 Å². The first-order valence-electron chi connectivity index (χ1n) is 11.5. The monoisotopic (exact) mass is 467 g/mol. The average Bonchev–Trinajstić information content (AvgIpc) is 2.83. The number of amides is 2. The fourth-order valence-electron chi connectivity index (χ4n) is 3.60. The summed E-state index contributed by atoms with van der Waals surface area (Å²) in [4.78, 5) is 29.2. The second-order valence-electron chi connectivity index (χ2n) is 7.95. The molecule has 0 atom stereocenters. The lowest BCUT2D eigenvalue weighted by Crippen LogP contribution is -2.30. The Hall–Kier alpha value is -2.77. The topological polar surface area (TPSA) is 70.7 Å². The number of carbonyl (C=O) groups excluding carboxylic acids is 2. The van der Waals surface area contributed by atoms with Crippen LogP contribution in [0.15, 0.2) is 52.3 Å². The molecule has 176 valence electrons. The van der Waals surface area contributed by atoms with Crippen LogP contribution >= 0.6 is 11.8 Å². The van der Waals surface area contributed by atoms with Gasteiger partial charge in [-0.25, -0.2) is 0 Å². The van der Waals surface area contributed by atoms with Gasteiger partial charge in [-0.15, -0.1) is 0 Å². The molecule has 0 saturated carbocycles. The molecule has 3 rings (SSSR count). The summed E-state index contributed by atoms with van der Waals surface area (Å²) in [6.07, 6.45) is 5.15. The van der Waals surface area contributed by atoms with E-state index in [9.17, 15) is 9.59 Å². The first-order chi connectivity index (χ1) is 16.0. The Morgan fingerprint density at radius 1 is 1.15 bits per heavy atom. The zero-order valence-electron chi connectivity index (χ0n) is 19.6. The number of anilines is 1. The third-order valence-corrected chi connectivity index (χ3v) is 6.64. The van der Waals surface area contributed by atoms with Crippen LogP contribution in [0.1, 0.15) is 49.0 Å². The van der Waals surface area contributed by atoms with Gasteiger partial charge >= 0.3 is 0 Å². The van der Waals surface area contributed by atoms with E-state index >= 15 is 0 Å². The summed E-state index contributed by atoms with van der Waals surface area (Å²) in [7, 11) is 1.62. The van der Waals surface area contributed by atoms with Crippen molar-refractivity contribution in [1.29, 1.82) is 0 Å². The molecule has 7 heteroatoms. The van der Waals surface area contributed by atoms with Crippen LogP contribution in [0.25, 0.3) is 6.08 Å². The van der Waals surface area contributed by atoms with Crippen LogP contribution in [0.5, 0.6) is 5.75 Å². The quantitative estimate of drug-likeness (QED) is 0.359. The van der Waals surface area contributed by atoms with E-state index in [4.69, 9.17) is 4.74 Å². The summed E-state index contributed by atoms with van der Waals surface area (Å²) in [5, 5.41) is 5.91. The summed E-state index contributed by atoms with van der Waals surface area (Å²) in [5.74, 6) is 0.441. The van der Waals surface area contributed by atoms with E-state index < -0.39 is 0 Å². The third-order valence-electron chi connectivity index (χ3n) is 5.54. The zero-order valence-corrected chi connectivity index (χ0v) is 20.5. The summed E-state index contributed by atoms with van der Waals surface area (Å²) in [6.45, 7) is 8.13. The van der Waals surface area contributed by atoms with Crippen molar-refractivity contribution >= 4 is 35.3 Å². The normalized spacial score (nSPS) is 14.2. The van der Waals surface area contributed by atoms with Crippen LogP contribution in [-0.2, 0) is 4.79 Å². The molecule has 0 bridgehead atoms. The van der Waals surface area contributed by atoms with E-state index in [1.54, 1.807) is 19.2 Å². The molecule has 1 aliphatic heterocycles. The van der Waals surface area contributed by atoms with Crippen molar-refractivity contribution < 1.29 is 14.3 Å². The SMILES string of the molecule is CCCCN(CC)CCCNC(=O)c1ccc2c(c1)NC(=O)/C(=C\c1cccc(OC)c1)S2. The molecule has 1 aliphatic rings. The molecule has 6 nitrogen and oxygen atoms in total. The van der Waals surface area contributed by atoms with E-state index in [1.807, 2.05) is 36.4 Å². The molecule has 0 spiro atoms. The highest BCUT2D eigenvalue weighted by atomic mass is 32.2. The number of methoxy groups -OCH3 is 1. The molecule has 1 heterocycles. The molecule has 0 fully saturated rings. The first kappa shape index (κ1) is 24.9. The van der Waals surface area contributed by atoms with Gasteiger partial charge in [-0.2, -0.15) is 0 Å². The molecule has 33 heavy (non-hydrogen) atoms. The minimum atomic E-state index is -0.181. The number of nitrogens with one attached hydrogen (secondary N) is 2. The van der Waals surface area contributed by atoms with Gasteiger partial charge in [-0.1, -0.05) is 44.2 Å². The summed E-state index contributed by atoms with van der Waals surface area (Å²) < 4.78 is 5.25. The van der Waals surface area contributed by atoms with Gasteiger partial charge in [0.2, 0.25) is 0 Å². The molecule has 2 aromatic carbocycles. The minimum Gasteiger partial charge on any atom is -0.497 e. The predicted octanol–water partition coefficient (Wildman–Crippen LogP) is 5.02. The highest BCUT2D eigenvalue weighted by Crippen LogP contribution is 2.39. The molecular weight excluding hydrogens is 434 g/mol. The Morgan fingerprint density at radius 3 is 2.73 bits per heavy atom. The molecule has 0 aromatic heterocycles. The number of benzene rings is 2. The van der Waals surface area contributed by atoms with E-state index in [-0.39, 0.29) is 11.8 Å². The maximum Gasteiger partial charge on any atom is 0.262 e. The number of ether oxygens (including phenoxy) is 1. The molecule has 0 radical (unpaired) electrons. The molecule has 0 aliphatic carbocycles. The van der Waals surface area contributed by atoms with Crippen molar-refractivity contribution in [2.75, 3.05) is 38.6 Å². The van der Waals surface area contributed by atoms with Crippen LogP contribution in [0.4, 0.5) is 5.69 Å². The summed E-state index contributed by atoms with van der Waals surface area (Å²) in [6, 6.07) is 13.0. The molecule has 2 amide bonds. The van der Waals surface area contributed by atoms with Crippen molar-refractivity contribution in [1.82, 2.24) is 10.2 Å². The smallest absolute Gasteiger partial charge is 0.262 e. The Labute approximate surface area is 200 Å². The molecule has 2 N–H and O–H groups in total. The second-order valence-corrected chi connectivity index (χ2v) is 9.03. The average molecular weight is 468 g/mol. The number of hydrogen-bond acceptors (Lipinski definition) is 5. The van der Waals surface area contributed by atoms with E-state index in [0.29, 0.717) is 22.7 Å².